The van der Waals surface area contributed by atoms with Crippen molar-refractivity contribution < 1.29 is 8.42 Å². The van der Waals surface area contributed by atoms with Gasteiger partial charge in [0, 0.05) is 0 Å². The lowest BCUT2D eigenvalue weighted by Gasteiger charge is -2.09. The van der Waals surface area contributed by atoms with Crippen LogP contribution in [0.2, 0.25) is 20.1 Å². The van der Waals surface area contributed by atoms with E-state index in [1.807, 2.05) is 0 Å². The van der Waals surface area contributed by atoms with Gasteiger partial charge in [0.2, 0.25) is 9.84 Å². The third kappa shape index (κ3) is 2.86. The molecule has 19 heavy (non-hydrogen) atoms. The average Bonchev–Trinajstić information content (AvgIpc) is 2.32. The Kier molecular flexibility index (Phi) is 4.33. The summed E-state index contributed by atoms with van der Waals surface area (Å²) in [7, 11) is -3.85. The molecule has 0 saturated carbocycles. The van der Waals surface area contributed by atoms with Crippen molar-refractivity contribution in [2.75, 3.05) is 0 Å². The summed E-state index contributed by atoms with van der Waals surface area (Å²) >= 11 is 23.4. The molecule has 2 aromatic rings. The summed E-state index contributed by atoms with van der Waals surface area (Å²) in [5.74, 6) is 0. The van der Waals surface area contributed by atoms with Crippen molar-refractivity contribution in [1.82, 2.24) is 0 Å². The number of hydrogen-bond acceptors (Lipinski definition) is 2. The summed E-state index contributed by atoms with van der Waals surface area (Å²) in [5, 5.41) is 0.522. The first-order valence-corrected chi connectivity index (χ1v) is 7.97. The lowest BCUT2D eigenvalue weighted by Crippen LogP contribution is -2.03. The third-order valence-corrected chi connectivity index (χ3v) is 5.83. The van der Waals surface area contributed by atoms with Gasteiger partial charge in [0.1, 0.15) is 4.90 Å². The molecule has 0 bridgehead atoms. The van der Waals surface area contributed by atoms with E-state index in [1.54, 1.807) is 6.07 Å². The zero-order valence-electron chi connectivity index (χ0n) is 9.20. The van der Waals surface area contributed by atoms with Crippen molar-refractivity contribution in [3.63, 3.8) is 0 Å². The summed E-state index contributed by atoms with van der Waals surface area (Å²) in [6, 6.07) is 8.50. The molecule has 0 radical (unpaired) electrons. The molecule has 2 rings (SSSR count). The van der Waals surface area contributed by atoms with E-state index in [-0.39, 0.29) is 29.9 Å². The number of halogens is 4. The lowest BCUT2D eigenvalue weighted by atomic mass is 10.3. The molecule has 0 spiro atoms. The zero-order chi connectivity index (χ0) is 14.2. The van der Waals surface area contributed by atoms with Crippen LogP contribution in [0.5, 0.6) is 0 Å². The minimum absolute atomic E-state index is 0.0168. The number of benzene rings is 2. The highest BCUT2D eigenvalue weighted by Crippen LogP contribution is 2.35. The summed E-state index contributed by atoms with van der Waals surface area (Å²) in [5.41, 5.74) is 0. The largest absolute Gasteiger partial charge is 0.218 e. The van der Waals surface area contributed by atoms with E-state index in [1.165, 1.54) is 30.3 Å². The van der Waals surface area contributed by atoms with Gasteiger partial charge in [-0.2, -0.15) is 0 Å². The van der Waals surface area contributed by atoms with Crippen molar-refractivity contribution in [1.29, 1.82) is 0 Å². The molecule has 0 N–H and O–H groups in total. The molecular weight excluding hydrogens is 350 g/mol. The maximum atomic E-state index is 12.5. The highest BCUT2D eigenvalue weighted by molar-refractivity contribution is 7.91. The Morgan fingerprint density at radius 3 is 1.84 bits per heavy atom. The minimum atomic E-state index is -3.85. The quantitative estimate of drug-likeness (QED) is 0.747. The van der Waals surface area contributed by atoms with E-state index in [4.69, 9.17) is 46.4 Å². The van der Waals surface area contributed by atoms with Gasteiger partial charge < -0.3 is 0 Å². The van der Waals surface area contributed by atoms with Crippen LogP contribution in [0.15, 0.2) is 46.2 Å². The average molecular weight is 356 g/mol. The molecule has 0 heterocycles. The molecule has 7 heteroatoms. The van der Waals surface area contributed by atoms with E-state index < -0.39 is 9.84 Å². The molecule has 2 nitrogen and oxygen atoms in total. The first-order valence-electron chi connectivity index (χ1n) is 4.98. The topological polar surface area (TPSA) is 34.1 Å². The third-order valence-electron chi connectivity index (χ3n) is 2.39. The summed E-state index contributed by atoms with van der Waals surface area (Å²) < 4.78 is 24.9. The van der Waals surface area contributed by atoms with Gasteiger partial charge in [-0.05, 0) is 30.3 Å². The maximum Gasteiger partial charge on any atom is 0.209 e. The van der Waals surface area contributed by atoms with Gasteiger partial charge in [0.05, 0.1) is 25.0 Å². The minimum Gasteiger partial charge on any atom is -0.218 e. The molecule has 0 unspecified atom stereocenters. The monoisotopic (exact) mass is 354 g/mol. The van der Waals surface area contributed by atoms with Gasteiger partial charge >= 0.3 is 0 Å². The first-order chi connectivity index (χ1) is 8.84. The molecule has 100 valence electrons. The van der Waals surface area contributed by atoms with Crippen LogP contribution in [-0.4, -0.2) is 8.42 Å². The maximum absolute atomic E-state index is 12.5. The van der Waals surface area contributed by atoms with E-state index in [0.29, 0.717) is 0 Å². The molecule has 0 aliphatic heterocycles. The highest BCUT2D eigenvalue weighted by Gasteiger charge is 2.24. The molecule has 0 aliphatic carbocycles. The van der Waals surface area contributed by atoms with Crippen LogP contribution in [0.1, 0.15) is 0 Å². The predicted octanol–water partition coefficient (Wildman–Crippen LogP) is 5.13. The summed E-state index contributed by atoms with van der Waals surface area (Å²) in [6.07, 6.45) is 0. The van der Waals surface area contributed by atoms with Gasteiger partial charge in [0.25, 0.3) is 0 Å². The standard InChI is InChI=1S/C12H6Cl4O2S/c13-8-5-4-7(6-11(8)16)19(17,18)12-9(14)2-1-3-10(12)15/h1-6H. The normalized spacial score (nSPS) is 11.6. The van der Waals surface area contributed by atoms with Crippen molar-refractivity contribution >= 4 is 56.2 Å². The Morgan fingerprint density at radius 2 is 1.32 bits per heavy atom. The van der Waals surface area contributed by atoms with Crippen LogP contribution >= 0.6 is 46.4 Å². The molecule has 0 aliphatic rings. The second-order valence-corrected chi connectivity index (χ2v) is 7.15. The van der Waals surface area contributed by atoms with Crippen LogP contribution in [0.3, 0.4) is 0 Å². The molecule has 0 fully saturated rings. The van der Waals surface area contributed by atoms with Crippen LogP contribution in [0, 0.1) is 0 Å². The number of sulfone groups is 1. The fourth-order valence-corrected chi connectivity index (χ4v) is 4.28. The molecule has 0 amide bonds. The van der Waals surface area contributed by atoms with Crippen LogP contribution in [-0.2, 0) is 9.84 Å². The molecule has 2 aromatic carbocycles. The van der Waals surface area contributed by atoms with E-state index in [0.717, 1.165) is 0 Å². The van der Waals surface area contributed by atoms with Gasteiger partial charge in [0.15, 0.2) is 0 Å². The Hall–Kier alpha value is -0.450. The Balaban J connectivity index is 2.69. The van der Waals surface area contributed by atoms with Crippen molar-refractivity contribution in [3.05, 3.63) is 56.5 Å². The highest BCUT2D eigenvalue weighted by atomic mass is 35.5. The Labute approximate surface area is 130 Å². The second kappa shape index (κ2) is 5.51. The summed E-state index contributed by atoms with van der Waals surface area (Å²) in [6.45, 7) is 0. The fraction of sp³-hybridized carbons (Fsp3) is 0. The van der Waals surface area contributed by atoms with Gasteiger partial charge in [-0.25, -0.2) is 8.42 Å². The summed E-state index contributed by atoms with van der Waals surface area (Å²) in [4.78, 5) is -0.159. The second-order valence-electron chi connectivity index (χ2n) is 3.63. The molecule has 0 aromatic heterocycles. The Morgan fingerprint density at radius 1 is 0.737 bits per heavy atom. The molecule has 0 atom stereocenters. The molecular formula is C12H6Cl4O2S. The van der Waals surface area contributed by atoms with Crippen LogP contribution in [0.25, 0.3) is 0 Å². The SMILES string of the molecule is O=S(=O)(c1ccc(Cl)c(Cl)c1)c1c(Cl)cccc1Cl. The van der Waals surface area contributed by atoms with E-state index in [9.17, 15) is 8.42 Å². The van der Waals surface area contributed by atoms with Gasteiger partial charge in [-0.3, -0.25) is 0 Å². The first kappa shape index (κ1) is 14.9. The van der Waals surface area contributed by atoms with Crippen LogP contribution < -0.4 is 0 Å². The lowest BCUT2D eigenvalue weighted by molar-refractivity contribution is 0.596. The smallest absolute Gasteiger partial charge is 0.209 e. The van der Waals surface area contributed by atoms with E-state index in [2.05, 4.69) is 0 Å². The van der Waals surface area contributed by atoms with Gasteiger partial charge in [-0.1, -0.05) is 52.5 Å². The van der Waals surface area contributed by atoms with Crippen LogP contribution in [0.4, 0.5) is 0 Å². The van der Waals surface area contributed by atoms with Crippen molar-refractivity contribution in [3.8, 4) is 0 Å². The Bertz CT molecular complexity index is 721. The van der Waals surface area contributed by atoms with Crippen molar-refractivity contribution in [2.24, 2.45) is 0 Å². The van der Waals surface area contributed by atoms with Gasteiger partial charge in [-0.15, -0.1) is 0 Å². The zero-order valence-corrected chi connectivity index (χ0v) is 13.0. The van der Waals surface area contributed by atoms with Crippen molar-refractivity contribution in [2.45, 2.75) is 9.79 Å². The molecule has 0 saturated heterocycles. The number of hydrogen-bond donors (Lipinski definition) is 0. The number of rotatable bonds is 2. The predicted molar refractivity (Wildman–Crippen MR) is 78.4 cm³/mol. The van der Waals surface area contributed by atoms with E-state index >= 15 is 0 Å². The fourth-order valence-electron chi connectivity index (χ4n) is 1.50.